The van der Waals surface area contributed by atoms with Gasteiger partial charge in [0.15, 0.2) is 5.82 Å². The van der Waals surface area contributed by atoms with E-state index in [0.29, 0.717) is 23.8 Å². The van der Waals surface area contributed by atoms with Crippen LogP contribution in [-0.2, 0) is 18.3 Å². The van der Waals surface area contributed by atoms with Gasteiger partial charge in [0.1, 0.15) is 16.9 Å². The number of nitrogens with one attached hydrogen (secondary N) is 1. The molecule has 3 fully saturated rings. The predicted molar refractivity (Wildman–Crippen MR) is 169 cm³/mol. The first-order valence-corrected chi connectivity index (χ1v) is 15.9. The van der Waals surface area contributed by atoms with Crippen LogP contribution in [0.4, 0.5) is 4.79 Å². The summed E-state index contributed by atoms with van der Waals surface area (Å²) in [6, 6.07) is 12.1. The fraction of sp³-hybridized carbons (Fsp3) is 0.485. The maximum atomic E-state index is 14.0. The molecule has 3 heterocycles. The van der Waals surface area contributed by atoms with Crippen LogP contribution in [0.1, 0.15) is 56.8 Å². The number of carbonyl (C=O) groups is 2. The number of hydrogen-bond acceptors (Lipinski definition) is 5. The summed E-state index contributed by atoms with van der Waals surface area (Å²) in [5, 5.41) is 4.23. The molecular weight excluding hydrogens is 610 g/mol. The minimum Gasteiger partial charge on any atom is -0.494 e. The number of amides is 2. The Balaban J connectivity index is 1.23. The Morgan fingerprint density at radius 1 is 1.09 bits per heavy atom. The number of aromatic nitrogens is 3. The summed E-state index contributed by atoms with van der Waals surface area (Å²) in [6.45, 7) is 7.11. The molecule has 0 unspecified atom stereocenters. The van der Waals surface area contributed by atoms with Gasteiger partial charge in [-0.05, 0) is 88.6 Å². The first kappa shape index (κ1) is 28.3. The third-order valence-electron chi connectivity index (χ3n) is 9.17. The molecule has 2 saturated carbocycles. The predicted octanol–water partition coefficient (Wildman–Crippen LogP) is 6.50. The van der Waals surface area contributed by atoms with Crippen LogP contribution in [0.15, 0.2) is 40.9 Å². The lowest BCUT2D eigenvalue weighted by molar-refractivity contribution is 0.0485. The molecule has 2 aromatic heterocycles. The van der Waals surface area contributed by atoms with Gasteiger partial charge in [-0.1, -0.05) is 22.0 Å². The van der Waals surface area contributed by atoms with E-state index in [0.717, 1.165) is 46.4 Å². The zero-order valence-corrected chi connectivity index (χ0v) is 26.9. The van der Waals surface area contributed by atoms with Gasteiger partial charge in [-0.25, -0.2) is 9.78 Å². The molecule has 2 amide bonds. The van der Waals surface area contributed by atoms with E-state index in [1.54, 1.807) is 7.11 Å². The first-order valence-electron chi connectivity index (χ1n) is 15.1. The number of fused-ring (bicyclic) bond motifs is 4. The summed E-state index contributed by atoms with van der Waals surface area (Å²) in [7, 11) is 3.64. The highest BCUT2D eigenvalue weighted by molar-refractivity contribution is 9.10. The number of hydrogen-bond donors (Lipinski definition) is 1. The van der Waals surface area contributed by atoms with Crippen LogP contribution in [0.5, 0.6) is 5.75 Å². The average molecular weight is 649 g/mol. The van der Waals surface area contributed by atoms with Crippen LogP contribution in [0.25, 0.3) is 33.5 Å². The SMILES string of the molecule is COc1cc(C(=O)N2C[C@H]3CC[C@@H]2[C@@H]3NC(=O)OC(C)(C)C)cc2nc(-c3cc4ccc(Br)cc4n3CC3CC3)n(C)c12. The van der Waals surface area contributed by atoms with Crippen LogP contribution in [-0.4, -0.2) is 62.4 Å². The fourth-order valence-electron chi connectivity index (χ4n) is 7.04. The van der Waals surface area contributed by atoms with Gasteiger partial charge in [-0.3, -0.25) is 4.79 Å². The molecule has 0 spiro atoms. The summed E-state index contributed by atoms with van der Waals surface area (Å²) >= 11 is 3.65. The Morgan fingerprint density at radius 2 is 1.88 bits per heavy atom. The van der Waals surface area contributed by atoms with Crippen molar-refractivity contribution in [2.75, 3.05) is 13.7 Å². The second-order valence-corrected chi connectivity index (χ2v) is 14.3. The molecule has 2 aliphatic carbocycles. The Morgan fingerprint density at radius 3 is 2.60 bits per heavy atom. The number of ether oxygens (including phenoxy) is 2. The van der Waals surface area contributed by atoms with E-state index in [4.69, 9.17) is 14.5 Å². The minimum absolute atomic E-state index is 0.0662. The van der Waals surface area contributed by atoms with Crippen LogP contribution in [0, 0.1) is 11.8 Å². The number of nitrogens with zero attached hydrogens (tertiary/aromatic N) is 4. The molecule has 0 radical (unpaired) electrons. The topological polar surface area (TPSA) is 90.6 Å². The number of rotatable bonds is 6. The van der Waals surface area contributed by atoms with Crippen molar-refractivity contribution in [3.8, 4) is 17.3 Å². The standard InChI is InChI=1S/C33H38BrN5O4/c1-33(2,3)43-32(41)36-28-20-9-11-24(28)39(17-20)31(40)21-12-23-29(27(14-21)42-5)37(4)30(35-23)26-13-19-8-10-22(34)15-25(19)38(26)16-18-6-7-18/h8,10,12-15,18,20,24,28H,6-7,9,11,16-17H2,1-5H3,(H,36,41)/t20-,24-,28-/m1/s1. The quantitative estimate of drug-likeness (QED) is 0.258. The summed E-state index contributed by atoms with van der Waals surface area (Å²) < 4.78 is 16.9. The lowest BCUT2D eigenvalue weighted by atomic mass is 10.1. The molecule has 1 aliphatic heterocycles. The largest absolute Gasteiger partial charge is 0.494 e. The van der Waals surface area contributed by atoms with Gasteiger partial charge in [-0.2, -0.15) is 0 Å². The maximum absolute atomic E-state index is 14.0. The highest BCUT2D eigenvalue weighted by Gasteiger charge is 2.50. The number of methoxy groups -OCH3 is 1. The molecule has 226 valence electrons. The maximum Gasteiger partial charge on any atom is 0.407 e. The van der Waals surface area contributed by atoms with Gasteiger partial charge in [-0.15, -0.1) is 0 Å². The van der Waals surface area contributed by atoms with Crippen LogP contribution in [0.3, 0.4) is 0 Å². The number of halogens is 1. The molecule has 9 nitrogen and oxygen atoms in total. The van der Waals surface area contributed by atoms with Crippen molar-refractivity contribution in [1.29, 1.82) is 0 Å². The van der Waals surface area contributed by atoms with Gasteiger partial charge in [0.25, 0.3) is 5.91 Å². The van der Waals surface area contributed by atoms with Gasteiger partial charge >= 0.3 is 6.09 Å². The van der Waals surface area contributed by atoms with Crippen molar-refractivity contribution in [1.82, 2.24) is 24.3 Å². The van der Waals surface area contributed by atoms with Gasteiger partial charge in [0, 0.05) is 41.1 Å². The van der Waals surface area contributed by atoms with Gasteiger partial charge < -0.3 is 28.8 Å². The van der Waals surface area contributed by atoms with E-state index in [1.165, 1.54) is 23.7 Å². The second kappa shape index (κ2) is 10.3. The van der Waals surface area contributed by atoms with E-state index < -0.39 is 11.7 Å². The minimum atomic E-state index is -0.576. The Kier molecular flexibility index (Phi) is 6.76. The van der Waals surface area contributed by atoms with Crippen molar-refractivity contribution in [3.05, 3.63) is 46.4 Å². The van der Waals surface area contributed by atoms with Gasteiger partial charge in [0.2, 0.25) is 0 Å². The Hall–Kier alpha value is -3.53. The molecule has 4 aromatic rings. The zero-order valence-electron chi connectivity index (χ0n) is 25.3. The van der Waals surface area contributed by atoms with E-state index in [1.807, 2.05) is 44.9 Å². The lowest BCUT2D eigenvalue weighted by Gasteiger charge is -2.28. The third-order valence-corrected chi connectivity index (χ3v) is 9.66. The molecule has 2 bridgehead atoms. The fourth-order valence-corrected chi connectivity index (χ4v) is 7.39. The number of carbonyl (C=O) groups excluding carboxylic acids is 2. The highest BCUT2D eigenvalue weighted by Crippen LogP contribution is 2.41. The lowest BCUT2D eigenvalue weighted by Crippen LogP contribution is -2.46. The molecular formula is C33H38BrN5O4. The second-order valence-electron chi connectivity index (χ2n) is 13.4. The first-order chi connectivity index (χ1) is 20.5. The summed E-state index contributed by atoms with van der Waals surface area (Å²) in [5.41, 5.74) is 3.78. The number of aryl methyl sites for hydroxylation is 1. The molecule has 3 atom stereocenters. The highest BCUT2D eigenvalue weighted by atomic mass is 79.9. The van der Waals surface area contributed by atoms with E-state index in [-0.39, 0.29) is 23.9 Å². The normalized spacial score (nSPS) is 21.6. The number of piperidine rings is 1. The molecule has 43 heavy (non-hydrogen) atoms. The average Bonchev–Trinajstić information content (AvgIpc) is 3.31. The third kappa shape index (κ3) is 5.07. The molecule has 1 N–H and O–H groups in total. The van der Waals surface area contributed by atoms with E-state index in [2.05, 4.69) is 54.6 Å². The van der Waals surface area contributed by atoms with Crippen LogP contribution < -0.4 is 10.1 Å². The molecule has 7 rings (SSSR count). The Labute approximate surface area is 259 Å². The number of imidazole rings is 1. The number of likely N-dealkylation sites (tertiary alicyclic amines) is 1. The van der Waals surface area contributed by atoms with Crippen molar-refractivity contribution in [2.24, 2.45) is 18.9 Å². The van der Waals surface area contributed by atoms with Gasteiger partial charge in [0.05, 0.1) is 30.4 Å². The summed E-state index contributed by atoms with van der Waals surface area (Å²) in [5.74, 6) is 2.28. The van der Waals surface area contributed by atoms with Crippen molar-refractivity contribution < 1.29 is 19.1 Å². The Bertz CT molecular complexity index is 1760. The van der Waals surface area contributed by atoms with Crippen LogP contribution in [0.2, 0.25) is 0 Å². The molecule has 1 saturated heterocycles. The summed E-state index contributed by atoms with van der Waals surface area (Å²) in [4.78, 5) is 33.6. The van der Waals surface area contributed by atoms with Crippen molar-refractivity contribution in [2.45, 2.75) is 70.7 Å². The monoisotopic (exact) mass is 647 g/mol. The molecule has 10 heteroatoms. The van der Waals surface area contributed by atoms with E-state index >= 15 is 0 Å². The van der Waals surface area contributed by atoms with E-state index in [9.17, 15) is 9.59 Å². The van der Waals surface area contributed by atoms with Crippen molar-refractivity contribution in [3.63, 3.8) is 0 Å². The summed E-state index contributed by atoms with van der Waals surface area (Å²) in [6.07, 6.45) is 3.90. The van der Waals surface area contributed by atoms with Crippen molar-refractivity contribution >= 4 is 49.9 Å². The smallest absolute Gasteiger partial charge is 0.407 e. The molecule has 2 aromatic carbocycles. The van der Waals surface area contributed by atoms with Crippen LogP contribution >= 0.6 is 15.9 Å². The number of benzene rings is 2. The number of alkyl carbamates (subject to hydrolysis) is 1. The zero-order chi connectivity index (χ0) is 30.2. The molecule has 3 aliphatic rings.